The van der Waals surface area contributed by atoms with E-state index in [0.717, 1.165) is 25.0 Å². The maximum Gasteiger partial charge on any atom is 0.0509 e. The van der Waals surface area contributed by atoms with Crippen LogP contribution in [0.4, 0.5) is 0 Å². The van der Waals surface area contributed by atoms with Crippen molar-refractivity contribution in [2.75, 3.05) is 46.4 Å². The fourth-order valence-corrected chi connectivity index (χ4v) is 5.33. The summed E-state index contributed by atoms with van der Waals surface area (Å²) in [4.78, 5) is 6.93. The van der Waals surface area contributed by atoms with Crippen molar-refractivity contribution in [1.82, 2.24) is 9.80 Å². The number of rotatable bonds is 6. The van der Waals surface area contributed by atoms with Crippen LogP contribution in [0.5, 0.6) is 0 Å². The summed E-state index contributed by atoms with van der Waals surface area (Å²) in [5, 5.41) is 2.20. The molecular formula is C18H28N2OS. The van der Waals surface area contributed by atoms with Gasteiger partial charge in [-0.2, -0.15) is 0 Å². The van der Waals surface area contributed by atoms with Gasteiger partial charge in [0.05, 0.1) is 6.61 Å². The van der Waals surface area contributed by atoms with Gasteiger partial charge in [0.2, 0.25) is 0 Å². The average molecular weight is 321 g/mol. The van der Waals surface area contributed by atoms with Crippen LogP contribution in [0.25, 0.3) is 0 Å². The number of methoxy groups -OCH3 is 1. The summed E-state index contributed by atoms with van der Waals surface area (Å²) in [5.74, 6) is 1.73. The van der Waals surface area contributed by atoms with E-state index in [0.29, 0.717) is 5.41 Å². The molecule has 122 valence electrons. The van der Waals surface area contributed by atoms with Gasteiger partial charge >= 0.3 is 0 Å². The van der Waals surface area contributed by atoms with E-state index >= 15 is 0 Å². The van der Waals surface area contributed by atoms with Gasteiger partial charge in [-0.05, 0) is 43.2 Å². The number of hydrogen-bond acceptors (Lipinski definition) is 4. The van der Waals surface area contributed by atoms with E-state index in [4.69, 9.17) is 4.74 Å². The zero-order valence-electron chi connectivity index (χ0n) is 13.7. The van der Waals surface area contributed by atoms with Crippen LogP contribution in [0.2, 0.25) is 0 Å². The molecule has 2 saturated heterocycles. The first-order chi connectivity index (χ1) is 10.8. The van der Waals surface area contributed by atoms with Crippen LogP contribution < -0.4 is 0 Å². The van der Waals surface area contributed by atoms with Gasteiger partial charge < -0.3 is 9.64 Å². The maximum absolute atomic E-state index is 5.58. The molecule has 0 bridgehead atoms. The van der Waals surface area contributed by atoms with Crippen LogP contribution in [-0.4, -0.2) is 56.2 Å². The summed E-state index contributed by atoms with van der Waals surface area (Å²) < 4.78 is 5.58. The molecule has 0 aromatic carbocycles. The Balaban J connectivity index is 1.41. The number of thiophene rings is 1. The molecule has 3 aliphatic rings. The number of nitrogens with zero attached hydrogens (tertiary/aromatic N) is 2. The van der Waals surface area contributed by atoms with Crippen molar-refractivity contribution in [3.63, 3.8) is 0 Å². The monoisotopic (exact) mass is 320 g/mol. The van der Waals surface area contributed by atoms with E-state index in [-0.39, 0.29) is 0 Å². The van der Waals surface area contributed by atoms with E-state index in [1.54, 1.807) is 0 Å². The SMILES string of the molecule is COC[C@@H]1CN(CC2CC2)C[C@@]12CCN(Cc1cccs1)C2. The van der Waals surface area contributed by atoms with E-state index in [1.165, 1.54) is 56.9 Å². The standard InChI is InChI=1S/C18H28N2OS/c1-21-12-16-10-20(9-15-4-5-15)14-18(16)6-7-19(13-18)11-17-3-2-8-22-17/h2-3,8,15-16H,4-7,9-14H2,1H3/t16-,18-/m0/s1. The highest BCUT2D eigenvalue weighted by Crippen LogP contribution is 2.45. The quantitative estimate of drug-likeness (QED) is 0.801. The summed E-state index contributed by atoms with van der Waals surface area (Å²) >= 11 is 1.89. The normalized spacial score (nSPS) is 33.2. The van der Waals surface area contributed by atoms with Gasteiger partial charge in [-0.15, -0.1) is 11.3 Å². The topological polar surface area (TPSA) is 15.7 Å². The molecular weight excluding hydrogens is 292 g/mol. The Kier molecular flexibility index (Phi) is 4.29. The summed E-state index contributed by atoms with van der Waals surface area (Å²) in [6, 6.07) is 4.45. The van der Waals surface area contributed by atoms with Crippen LogP contribution in [0.1, 0.15) is 24.1 Å². The molecule has 0 unspecified atom stereocenters. The van der Waals surface area contributed by atoms with E-state index < -0.39 is 0 Å². The van der Waals surface area contributed by atoms with Crippen molar-refractivity contribution >= 4 is 11.3 Å². The minimum atomic E-state index is 0.488. The molecule has 22 heavy (non-hydrogen) atoms. The van der Waals surface area contributed by atoms with Crippen molar-refractivity contribution in [3.8, 4) is 0 Å². The Morgan fingerprint density at radius 2 is 2.18 bits per heavy atom. The maximum atomic E-state index is 5.58. The molecule has 0 N–H and O–H groups in total. The highest BCUT2D eigenvalue weighted by molar-refractivity contribution is 7.09. The lowest BCUT2D eigenvalue weighted by Crippen LogP contribution is -2.36. The van der Waals surface area contributed by atoms with Crippen LogP contribution in [-0.2, 0) is 11.3 Å². The Labute approximate surface area is 138 Å². The van der Waals surface area contributed by atoms with Gasteiger partial charge in [-0.1, -0.05) is 6.07 Å². The molecule has 3 nitrogen and oxygen atoms in total. The van der Waals surface area contributed by atoms with Gasteiger partial charge in [0.1, 0.15) is 0 Å². The fraction of sp³-hybridized carbons (Fsp3) is 0.778. The lowest BCUT2D eigenvalue weighted by atomic mass is 9.77. The van der Waals surface area contributed by atoms with Gasteiger partial charge in [-0.25, -0.2) is 0 Å². The molecule has 0 amide bonds. The lowest BCUT2D eigenvalue weighted by molar-refractivity contribution is 0.0959. The van der Waals surface area contributed by atoms with Crippen molar-refractivity contribution < 1.29 is 4.74 Å². The zero-order valence-corrected chi connectivity index (χ0v) is 14.5. The summed E-state index contributed by atoms with van der Waals surface area (Å²) in [6.45, 7) is 8.51. The molecule has 4 rings (SSSR count). The van der Waals surface area contributed by atoms with Crippen molar-refractivity contribution in [2.45, 2.75) is 25.8 Å². The average Bonchev–Trinajstić information content (AvgIpc) is 2.90. The van der Waals surface area contributed by atoms with Crippen molar-refractivity contribution in [3.05, 3.63) is 22.4 Å². The molecule has 1 saturated carbocycles. The summed E-state index contributed by atoms with van der Waals surface area (Å²) in [5.41, 5.74) is 0.488. The van der Waals surface area contributed by atoms with Crippen LogP contribution in [0.3, 0.4) is 0 Å². The van der Waals surface area contributed by atoms with Crippen molar-refractivity contribution in [2.24, 2.45) is 17.3 Å². The van der Waals surface area contributed by atoms with E-state index in [2.05, 4.69) is 27.3 Å². The van der Waals surface area contributed by atoms with E-state index in [9.17, 15) is 0 Å². The first-order valence-corrected chi connectivity index (χ1v) is 9.61. The molecule has 2 atom stereocenters. The molecule has 1 aliphatic carbocycles. The fourth-order valence-electron chi connectivity index (χ4n) is 4.58. The molecule has 1 aromatic heterocycles. The number of ether oxygens (including phenoxy) is 1. The highest BCUT2D eigenvalue weighted by Gasteiger charge is 2.50. The van der Waals surface area contributed by atoms with Crippen LogP contribution in [0.15, 0.2) is 17.5 Å². The predicted octanol–water partition coefficient (Wildman–Crippen LogP) is 2.93. The number of likely N-dealkylation sites (tertiary alicyclic amines) is 2. The first kappa shape index (κ1) is 15.1. The van der Waals surface area contributed by atoms with E-state index in [1.807, 2.05) is 18.4 Å². The Morgan fingerprint density at radius 1 is 1.32 bits per heavy atom. The zero-order chi connectivity index (χ0) is 15.0. The smallest absolute Gasteiger partial charge is 0.0509 e. The third-order valence-electron chi connectivity index (χ3n) is 5.89. The highest BCUT2D eigenvalue weighted by atomic mass is 32.1. The Bertz CT molecular complexity index is 487. The van der Waals surface area contributed by atoms with Gasteiger partial charge in [0.15, 0.2) is 0 Å². The second-order valence-electron chi connectivity index (χ2n) is 7.69. The van der Waals surface area contributed by atoms with Gasteiger partial charge in [0.25, 0.3) is 0 Å². The molecule has 0 radical (unpaired) electrons. The lowest BCUT2D eigenvalue weighted by Gasteiger charge is -2.30. The van der Waals surface area contributed by atoms with Gasteiger partial charge in [-0.3, -0.25) is 4.90 Å². The van der Waals surface area contributed by atoms with Gasteiger partial charge in [0, 0.05) is 56.0 Å². The number of hydrogen-bond donors (Lipinski definition) is 0. The predicted molar refractivity (Wildman–Crippen MR) is 91.2 cm³/mol. The first-order valence-electron chi connectivity index (χ1n) is 8.73. The summed E-state index contributed by atoms with van der Waals surface area (Å²) in [7, 11) is 1.87. The molecule has 1 spiro atoms. The van der Waals surface area contributed by atoms with Crippen LogP contribution in [0, 0.1) is 17.3 Å². The molecule has 1 aromatic rings. The third-order valence-corrected chi connectivity index (χ3v) is 6.75. The molecule has 2 aliphatic heterocycles. The second-order valence-corrected chi connectivity index (χ2v) is 8.72. The minimum absolute atomic E-state index is 0.488. The third kappa shape index (κ3) is 3.12. The Morgan fingerprint density at radius 3 is 2.91 bits per heavy atom. The summed E-state index contributed by atoms with van der Waals surface area (Å²) in [6.07, 6.45) is 4.28. The largest absolute Gasteiger partial charge is 0.384 e. The second kappa shape index (κ2) is 6.23. The van der Waals surface area contributed by atoms with Crippen molar-refractivity contribution in [1.29, 1.82) is 0 Å². The Hall–Kier alpha value is -0.420. The molecule has 3 fully saturated rings. The molecule has 3 heterocycles. The van der Waals surface area contributed by atoms with Crippen LogP contribution >= 0.6 is 11.3 Å². The molecule has 4 heteroatoms. The minimum Gasteiger partial charge on any atom is -0.384 e.